The Hall–Kier alpha value is -0.900. The van der Waals surface area contributed by atoms with E-state index in [1.165, 1.54) is 6.07 Å². The van der Waals surface area contributed by atoms with E-state index >= 15 is 0 Å². The lowest BCUT2D eigenvalue weighted by Gasteiger charge is -2.30. The molecule has 0 amide bonds. The van der Waals surface area contributed by atoms with Crippen LogP contribution in [0.5, 0.6) is 5.75 Å². The summed E-state index contributed by atoms with van der Waals surface area (Å²) in [4.78, 5) is 4.26. The van der Waals surface area contributed by atoms with Crippen molar-refractivity contribution in [3.8, 4) is 5.75 Å². The summed E-state index contributed by atoms with van der Waals surface area (Å²) in [6.45, 7) is 4.36. The molecule has 4 unspecified atom stereocenters. The lowest BCUT2D eigenvalue weighted by atomic mass is 9.95. The highest BCUT2D eigenvalue weighted by Crippen LogP contribution is 2.23. The Kier molecular flexibility index (Phi) is 11.2. The van der Waals surface area contributed by atoms with Crippen LogP contribution < -0.4 is 15.4 Å². The van der Waals surface area contributed by atoms with Gasteiger partial charge >= 0.3 is 0 Å². The molecule has 1 aliphatic carbocycles. The summed E-state index contributed by atoms with van der Waals surface area (Å²) in [6.07, 6.45) is 3.87. The average Bonchev–Trinajstić information content (AvgIpc) is 2.66. The number of aliphatic imine (C=N–C) groups is 1. The van der Waals surface area contributed by atoms with E-state index in [-0.39, 0.29) is 52.9 Å². The predicted molar refractivity (Wildman–Crippen MR) is 121 cm³/mol. The van der Waals surface area contributed by atoms with Crippen LogP contribution in [0.15, 0.2) is 29.3 Å². The molecular weight excluding hydrogens is 480 g/mol. The van der Waals surface area contributed by atoms with Crippen molar-refractivity contribution >= 4 is 40.7 Å². The molecule has 2 N–H and O–H groups in total. The van der Waals surface area contributed by atoms with Gasteiger partial charge in [-0.1, -0.05) is 25.5 Å². The van der Waals surface area contributed by atoms with Crippen molar-refractivity contribution in [3.05, 3.63) is 30.1 Å². The minimum absolute atomic E-state index is 0. The van der Waals surface area contributed by atoms with Gasteiger partial charge in [0.05, 0.1) is 6.54 Å². The van der Waals surface area contributed by atoms with Crippen LogP contribution in [0, 0.1) is 5.82 Å². The topological polar surface area (TPSA) is 62.7 Å². The lowest BCUT2D eigenvalue weighted by Crippen LogP contribution is -2.48. The number of hydrogen-bond acceptors (Lipinski definition) is 3. The zero-order chi connectivity index (χ0) is 18.9. The Bertz CT molecular complexity index is 633. The number of ether oxygens (including phenoxy) is 1. The molecule has 5 nitrogen and oxygen atoms in total. The molecule has 1 aliphatic rings. The quantitative estimate of drug-likeness (QED) is 0.335. The van der Waals surface area contributed by atoms with E-state index in [1.54, 1.807) is 25.2 Å². The fraction of sp³-hybridized carbons (Fsp3) is 0.632. The number of hydrogen-bond donors (Lipinski definition) is 2. The van der Waals surface area contributed by atoms with Crippen LogP contribution in [0.3, 0.4) is 0 Å². The fourth-order valence-electron chi connectivity index (χ4n) is 3.18. The van der Waals surface area contributed by atoms with Gasteiger partial charge in [-0.25, -0.2) is 4.39 Å². The largest absolute Gasteiger partial charge is 0.486 e. The van der Waals surface area contributed by atoms with Crippen LogP contribution in [0.1, 0.15) is 39.5 Å². The van der Waals surface area contributed by atoms with Crippen LogP contribution in [0.25, 0.3) is 0 Å². The van der Waals surface area contributed by atoms with Gasteiger partial charge in [-0.2, -0.15) is 0 Å². The maximum absolute atomic E-state index is 13.6. The highest BCUT2D eigenvalue weighted by molar-refractivity contribution is 14.0. The van der Waals surface area contributed by atoms with Crippen molar-refractivity contribution in [2.45, 2.75) is 56.9 Å². The predicted octanol–water partition coefficient (Wildman–Crippen LogP) is 3.46. The van der Waals surface area contributed by atoms with Gasteiger partial charge in [0, 0.05) is 34.9 Å². The highest BCUT2D eigenvalue weighted by Gasteiger charge is 2.26. The smallest absolute Gasteiger partial charge is 0.191 e. The summed E-state index contributed by atoms with van der Waals surface area (Å²) in [6, 6.07) is 6.67. The summed E-state index contributed by atoms with van der Waals surface area (Å²) in [5.74, 6) is 1.30. The van der Waals surface area contributed by atoms with Gasteiger partial charge in [-0.3, -0.25) is 9.20 Å². The number of nitrogens with one attached hydrogen (secondary N) is 2. The second-order valence-corrected chi connectivity index (χ2v) is 8.62. The maximum Gasteiger partial charge on any atom is 0.191 e. The van der Waals surface area contributed by atoms with Crippen molar-refractivity contribution in [2.24, 2.45) is 4.99 Å². The number of halogens is 2. The van der Waals surface area contributed by atoms with Gasteiger partial charge in [0.15, 0.2) is 17.5 Å². The number of nitrogens with zero attached hydrogens (tertiary/aromatic N) is 1. The molecule has 27 heavy (non-hydrogen) atoms. The molecule has 4 atom stereocenters. The van der Waals surface area contributed by atoms with Gasteiger partial charge in [0.25, 0.3) is 0 Å². The van der Waals surface area contributed by atoms with Gasteiger partial charge in [0.2, 0.25) is 0 Å². The zero-order valence-corrected chi connectivity index (χ0v) is 19.4. The lowest BCUT2D eigenvalue weighted by molar-refractivity contribution is 0.213. The number of benzene rings is 1. The third kappa shape index (κ3) is 7.93. The standard InChI is InChI=1S/C19H30FN3O2S.HI/c1-4-26(24)16-9-7-8-15(12-16)23-19(21-3)22-13-14(2)25-18-11-6-5-10-17(18)20;/h5-6,10-11,14-16H,4,7-9,12-13H2,1-3H3,(H2,21,22,23);1H. The summed E-state index contributed by atoms with van der Waals surface area (Å²) in [5, 5.41) is 6.92. The number of guanidine groups is 1. The van der Waals surface area contributed by atoms with Crippen molar-refractivity contribution in [2.75, 3.05) is 19.3 Å². The van der Waals surface area contributed by atoms with Crippen LogP contribution in [-0.2, 0) is 10.8 Å². The molecule has 0 aromatic heterocycles. The zero-order valence-electron chi connectivity index (χ0n) is 16.2. The first-order valence-electron chi connectivity index (χ1n) is 9.29. The van der Waals surface area contributed by atoms with E-state index in [4.69, 9.17) is 4.74 Å². The Morgan fingerprint density at radius 3 is 2.81 bits per heavy atom. The molecule has 0 radical (unpaired) electrons. The molecule has 0 heterocycles. The van der Waals surface area contributed by atoms with Gasteiger partial charge in [-0.05, 0) is 38.3 Å². The summed E-state index contributed by atoms with van der Waals surface area (Å²) in [5.41, 5.74) is 0. The summed E-state index contributed by atoms with van der Waals surface area (Å²) in [7, 11) is 0.982. The molecule has 1 saturated carbocycles. The van der Waals surface area contributed by atoms with Crippen LogP contribution >= 0.6 is 24.0 Å². The monoisotopic (exact) mass is 511 g/mol. The van der Waals surface area contributed by atoms with Crippen LogP contribution in [-0.4, -0.2) is 46.9 Å². The van der Waals surface area contributed by atoms with E-state index in [0.29, 0.717) is 12.5 Å². The molecule has 0 bridgehead atoms. The maximum atomic E-state index is 13.6. The minimum atomic E-state index is -0.743. The molecule has 8 heteroatoms. The fourth-order valence-corrected chi connectivity index (χ4v) is 4.53. The van der Waals surface area contributed by atoms with Gasteiger partial charge < -0.3 is 15.4 Å². The molecule has 0 saturated heterocycles. The summed E-state index contributed by atoms with van der Waals surface area (Å²) >= 11 is 0. The normalized spacial score (nSPS) is 22.3. The van der Waals surface area contributed by atoms with E-state index in [9.17, 15) is 8.60 Å². The van der Waals surface area contributed by atoms with Gasteiger partial charge in [0.1, 0.15) is 6.10 Å². The van der Waals surface area contributed by atoms with Crippen molar-refractivity contribution in [3.63, 3.8) is 0 Å². The first-order chi connectivity index (χ1) is 12.5. The number of para-hydroxylation sites is 1. The minimum Gasteiger partial charge on any atom is -0.486 e. The molecule has 0 spiro atoms. The molecule has 1 fully saturated rings. The first kappa shape index (κ1) is 24.1. The van der Waals surface area contributed by atoms with E-state index in [1.807, 2.05) is 13.8 Å². The Labute approximate surface area is 181 Å². The van der Waals surface area contributed by atoms with E-state index in [0.717, 1.165) is 31.4 Å². The van der Waals surface area contributed by atoms with E-state index < -0.39 is 10.8 Å². The summed E-state index contributed by atoms with van der Waals surface area (Å²) < 4.78 is 31.4. The Balaban J connectivity index is 0.00000364. The van der Waals surface area contributed by atoms with Crippen molar-refractivity contribution in [1.29, 1.82) is 0 Å². The van der Waals surface area contributed by atoms with E-state index in [2.05, 4.69) is 15.6 Å². The molecule has 154 valence electrons. The molecule has 1 aromatic rings. The third-order valence-corrected chi connectivity index (χ3v) is 6.31. The number of rotatable bonds is 7. The Morgan fingerprint density at radius 2 is 2.15 bits per heavy atom. The van der Waals surface area contributed by atoms with Crippen molar-refractivity contribution < 1.29 is 13.3 Å². The molecular formula is C19H31FIN3O2S. The average molecular weight is 511 g/mol. The van der Waals surface area contributed by atoms with Crippen LogP contribution in [0.4, 0.5) is 4.39 Å². The van der Waals surface area contributed by atoms with Crippen LogP contribution in [0.2, 0.25) is 0 Å². The second-order valence-electron chi connectivity index (χ2n) is 6.61. The SMILES string of the molecule is CCS(=O)C1CCCC(NC(=NC)NCC(C)Oc2ccccc2F)C1.I. The molecule has 0 aliphatic heterocycles. The van der Waals surface area contributed by atoms with Crippen molar-refractivity contribution in [1.82, 2.24) is 10.6 Å². The highest BCUT2D eigenvalue weighted by atomic mass is 127. The van der Waals surface area contributed by atoms with Gasteiger partial charge in [-0.15, -0.1) is 24.0 Å². The Morgan fingerprint density at radius 1 is 1.41 bits per heavy atom. The molecule has 2 rings (SSSR count). The second kappa shape index (κ2) is 12.5. The third-order valence-electron chi connectivity index (χ3n) is 4.57. The molecule has 1 aromatic carbocycles. The first-order valence-corrected chi connectivity index (χ1v) is 10.7.